The molecule has 2 aliphatic rings. The number of piperidine rings is 1. The average molecular weight is 438 g/mol. The van der Waals surface area contributed by atoms with E-state index < -0.39 is 35.6 Å². The molecule has 2 atom stereocenters. The highest BCUT2D eigenvalue weighted by molar-refractivity contribution is 9.10. The third kappa shape index (κ3) is 3.75. The second kappa shape index (κ2) is 6.88. The molecule has 2 unspecified atom stereocenters. The summed E-state index contributed by atoms with van der Waals surface area (Å²) in [6.07, 6.45) is -3.80. The highest BCUT2D eigenvalue weighted by Crippen LogP contribution is 2.49. The average Bonchev–Trinajstić information content (AvgIpc) is 3.30. The van der Waals surface area contributed by atoms with E-state index in [1.54, 1.807) is 0 Å². The number of likely N-dealkylation sites (tertiary alicyclic amines) is 1. The van der Waals surface area contributed by atoms with Gasteiger partial charge in [-0.3, -0.25) is 9.69 Å². The van der Waals surface area contributed by atoms with Crippen molar-refractivity contribution < 1.29 is 27.5 Å². The number of benzene rings is 1. The third-order valence-corrected chi connectivity index (χ3v) is 5.27. The molecular formula is C16H16BrF4N3O2. The molecule has 1 fully saturated rings. The van der Waals surface area contributed by atoms with Gasteiger partial charge in [0, 0.05) is 23.0 Å². The summed E-state index contributed by atoms with van der Waals surface area (Å²) in [7, 11) is 0. The van der Waals surface area contributed by atoms with Crippen LogP contribution in [0.4, 0.5) is 17.6 Å². The van der Waals surface area contributed by atoms with Gasteiger partial charge in [-0.25, -0.2) is 4.39 Å². The van der Waals surface area contributed by atoms with Crippen LogP contribution in [0.3, 0.4) is 0 Å². The van der Waals surface area contributed by atoms with E-state index in [0.29, 0.717) is 23.9 Å². The molecule has 0 bridgehead atoms. The number of nitrogens with zero attached hydrogens (tertiary/aromatic N) is 3. The van der Waals surface area contributed by atoms with Gasteiger partial charge in [-0.1, -0.05) is 22.0 Å². The summed E-state index contributed by atoms with van der Waals surface area (Å²) in [6, 6.07) is 2.84. The molecule has 3 rings (SSSR count). The Labute approximate surface area is 155 Å². The summed E-state index contributed by atoms with van der Waals surface area (Å²) < 4.78 is 53.9. The molecule has 0 radical (unpaired) electrons. The summed E-state index contributed by atoms with van der Waals surface area (Å²) >= 11 is 3.12. The predicted molar refractivity (Wildman–Crippen MR) is 87.0 cm³/mol. The Morgan fingerprint density at radius 3 is 2.65 bits per heavy atom. The number of carboxylic acid groups (broad SMARTS) is 1. The van der Waals surface area contributed by atoms with Crippen LogP contribution in [0.25, 0.3) is 0 Å². The number of hydrogen-bond donors (Lipinski definition) is 1. The molecular weight excluding hydrogens is 422 g/mol. The second-order valence-electron chi connectivity index (χ2n) is 6.63. The molecule has 142 valence electrons. The summed E-state index contributed by atoms with van der Waals surface area (Å²) in [5.74, 6) is -2.33. The summed E-state index contributed by atoms with van der Waals surface area (Å²) in [6.45, 7) is 0.492. The first kappa shape index (κ1) is 19.2. The van der Waals surface area contributed by atoms with Gasteiger partial charge in [0.05, 0.1) is 0 Å². The molecule has 0 aliphatic carbocycles. The standard InChI is InChI=1S/C16H16BrF4N3O2/c17-10-3-4-11(12(18)6-10)13(14(25)26)24-5-1-2-9(8-24)7-15(22-23-15)16(19,20)21/h3-4,6,9,13H,1-2,5,7-8H2,(H,25,26). The van der Waals surface area contributed by atoms with E-state index >= 15 is 0 Å². The number of halogens is 5. The van der Waals surface area contributed by atoms with Crippen LogP contribution in [-0.2, 0) is 4.79 Å². The molecule has 10 heteroatoms. The van der Waals surface area contributed by atoms with Crippen molar-refractivity contribution in [1.82, 2.24) is 4.90 Å². The van der Waals surface area contributed by atoms with E-state index in [4.69, 9.17) is 0 Å². The van der Waals surface area contributed by atoms with Crippen LogP contribution < -0.4 is 0 Å². The van der Waals surface area contributed by atoms with Gasteiger partial charge in [-0.15, -0.1) is 10.2 Å². The summed E-state index contributed by atoms with van der Waals surface area (Å²) in [4.78, 5) is 13.3. The van der Waals surface area contributed by atoms with Gasteiger partial charge in [-0.05, 0) is 37.4 Å². The molecule has 1 N–H and O–H groups in total. The first-order valence-electron chi connectivity index (χ1n) is 8.05. The maximum atomic E-state index is 14.3. The van der Waals surface area contributed by atoms with E-state index in [0.717, 1.165) is 0 Å². The van der Waals surface area contributed by atoms with E-state index in [1.807, 2.05) is 0 Å². The minimum Gasteiger partial charge on any atom is -0.480 e. The van der Waals surface area contributed by atoms with Crippen molar-refractivity contribution in [2.24, 2.45) is 16.1 Å². The van der Waals surface area contributed by atoms with E-state index in [2.05, 4.69) is 26.2 Å². The minimum absolute atomic E-state index is 0.00678. The molecule has 26 heavy (non-hydrogen) atoms. The van der Waals surface area contributed by atoms with Gasteiger partial charge < -0.3 is 5.11 Å². The van der Waals surface area contributed by atoms with Crippen LogP contribution in [0, 0.1) is 11.7 Å². The van der Waals surface area contributed by atoms with Crippen LogP contribution >= 0.6 is 15.9 Å². The van der Waals surface area contributed by atoms with Crippen molar-refractivity contribution in [3.8, 4) is 0 Å². The quantitative estimate of drug-likeness (QED) is 0.687. The lowest BCUT2D eigenvalue weighted by Gasteiger charge is -2.37. The zero-order chi connectivity index (χ0) is 19.1. The van der Waals surface area contributed by atoms with E-state index in [1.165, 1.54) is 23.1 Å². The normalized spacial score (nSPS) is 23.7. The fraction of sp³-hybridized carbons (Fsp3) is 0.562. The fourth-order valence-electron chi connectivity index (χ4n) is 3.48. The van der Waals surface area contributed by atoms with Crippen molar-refractivity contribution in [1.29, 1.82) is 0 Å². The zero-order valence-electron chi connectivity index (χ0n) is 13.5. The zero-order valence-corrected chi connectivity index (χ0v) is 15.1. The van der Waals surface area contributed by atoms with Gasteiger partial charge in [0.2, 0.25) is 0 Å². The largest absolute Gasteiger partial charge is 0.480 e. The first-order valence-corrected chi connectivity index (χ1v) is 8.85. The van der Waals surface area contributed by atoms with Gasteiger partial charge in [0.25, 0.3) is 5.66 Å². The Morgan fingerprint density at radius 2 is 2.12 bits per heavy atom. The number of carboxylic acids is 1. The third-order valence-electron chi connectivity index (χ3n) is 4.78. The maximum absolute atomic E-state index is 14.3. The van der Waals surface area contributed by atoms with Crippen molar-refractivity contribution in [2.75, 3.05) is 13.1 Å². The van der Waals surface area contributed by atoms with Crippen molar-refractivity contribution in [2.45, 2.75) is 37.1 Å². The Morgan fingerprint density at radius 1 is 1.42 bits per heavy atom. The van der Waals surface area contributed by atoms with E-state index in [-0.39, 0.29) is 18.5 Å². The monoisotopic (exact) mass is 437 g/mol. The first-order chi connectivity index (χ1) is 12.1. The van der Waals surface area contributed by atoms with Crippen LogP contribution in [-0.4, -0.2) is 40.9 Å². The summed E-state index contributed by atoms with van der Waals surface area (Å²) in [5.41, 5.74) is -2.35. The van der Waals surface area contributed by atoms with E-state index in [9.17, 15) is 27.5 Å². The molecule has 1 aromatic rings. The number of aliphatic carboxylic acids is 1. The molecule has 2 aliphatic heterocycles. The predicted octanol–water partition coefficient (Wildman–Crippen LogP) is 4.54. The minimum atomic E-state index is -4.54. The van der Waals surface area contributed by atoms with Crippen molar-refractivity contribution in [3.05, 3.63) is 34.1 Å². The van der Waals surface area contributed by atoms with Crippen molar-refractivity contribution >= 4 is 21.9 Å². The van der Waals surface area contributed by atoms with Crippen LogP contribution in [0.5, 0.6) is 0 Å². The number of rotatable bonds is 5. The Balaban J connectivity index is 1.77. The van der Waals surface area contributed by atoms with Crippen LogP contribution in [0.1, 0.15) is 30.9 Å². The molecule has 0 spiro atoms. The maximum Gasteiger partial charge on any atom is 0.437 e. The molecule has 1 aromatic carbocycles. The number of carbonyl (C=O) groups is 1. The second-order valence-corrected chi connectivity index (χ2v) is 7.54. The molecule has 0 amide bonds. The molecule has 0 saturated carbocycles. The number of alkyl halides is 3. The lowest BCUT2D eigenvalue weighted by Crippen LogP contribution is -2.44. The van der Waals surface area contributed by atoms with Crippen molar-refractivity contribution in [3.63, 3.8) is 0 Å². The Bertz CT molecular complexity index is 735. The lowest BCUT2D eigenvalue weighted by molar-refractivity contribution is -0.169. The molecule has 2 heterocycles. The molecule has 1 saturated heterocycles. The van der Waals surface area contributed by atoms with Gasteiger partial charge >= 0.3 is 12.1 Å². The van der Waals surface area contributed by atoms with Gasteiger partial charge in [0.1, 0.15) is 11.9 Å². The smallest absolute Gasteiger partial charge is 0.437 e. The Kier molecular flexibility index (Phi) is 5.08. The highest BCUT2D eigenvalue weighted by atomic mass is 79.9. The fourth-order valence-corrected chi connectivity index (χ4v) is 3.81. The number of hydrogen-bond acceptors (Lipinski definition) is 4. The SMILES string of the molecule is O=C(O)C(c1ccc(Br)cc1F)N1CCCC(CC2(C(F)(F)F)N=N2)C1. The Hall–Kier alpha value is -1.55. The molecule has 5 nitrogen and oxygen atoms in total. The molecule has 0 aromatic heterocycles. The van der Waals surface area contributed by atoms with Crippen LogP contribution in [0.15, 0.2) is 32.9 Å². The topological polar surface area (TPSA) is 65.3 Å². The summed E-state index contributed by atoms with van der Waals surface area (Å²) in [5, 5.41) is 16.0. The lowest BCUT2D eigenvalue weighted by atomic mass is 9.88. The highest BCUT2D eigenvalue weighted by Gasteiger charge is 2.64. The van der Waals surface area contributed by atoms with Gasteiger partial charge in [-0.2, -0.15) is 13.2 Å². The van der Waals surface area contributed by atoms with Gasteiger partial charge in [0.15, 0.2) is 0 Å². The van der Waals surface area contributed by atoms with Crippen LogP contribution in [0.2, 0.25) is 0 Å².